The van der Waals surface area contributed by atoms with Gasteiger partial charge in [-0.25, -0.2) is 19.6 Å². The monoisotopic (exact) mass is 682 g/mol. The Morgan fingerprint density at radius 3 is 2.36 bits per heavy atom. The van der Waals surface area contributed by atoms with Gasteiger partial charge < -0.3 is 25.8 Å². The summed E-state index contributed by atoms with van der Waals surface area (Å²) in [5.41, 5.74) is 7.79. The summed E-state index contributed by atoms with van der Waals surface area (Å²) in [7, 11) is 0. The zero-order valence-corrected chi connectivity index (χ0v) is 28.2. The van der Waals surface area contributed by atoms with Crippen LogP contribution in [0.3, 0.4) is 0 Å². The number of aromatic nitrogens is 2. The van der Waals surface area contributed by atoms with Crippen molar-refractivity contribution in [1.29, 1.82) is 0 Å². The second kappa shape index (κ2) is 14.8. The molecule has 47 heavy (non-hydrogen) atoms. The summed E-state index contributed by atoms with van der Waals surface area (Å²) in [6, 6.07) is 11.0. The highest BCUT2D eigenvalue weighted by Crippen LogP contribution is 2.28. The second-order valence-electron chi connectivity index (χ2n) is 12.8. The van der Waals surface area contributed by atoms with Crippen LogP contribution in [0.5, 0.6) is 0 Å². The normalized spacial score (nSPS) is 18.4. The quantitative estimate of drug-likeness (QED) is 0.223. The Labute approximate surface area is 284 Å². The lowest BCUT2D eigenvalue weighted by Gasteiger charge is -2.39. The van der Waals surface area contributed by atoms with Crippen molar-refractivity contribution in [3.05, 3.63) is 69.8 Å². The minimum absolute atomic E-state index is 0.144. The molecule has 2 fully saturated rings. The molecule has 0 bridgehead atoms. The SMILES string of the molecule is CC(C)(C)OC(=O)N1CCC(NC(=O)c2ccc(-c3cnc(N)c(NCc4c(Cl)cccc4Cl)n3)cc2)C[C@@H]1C(=O)OC1CCCC1. The number of amides is 2. The summed E-state index contributed by atoms with van der Waals surface area (Å²) < 4.78 is 11.4. The smallest absolute Gasteiger partial charge is 0.411 e. The van der Waals surface area contributed by atoms with Crippen molar-refractivity contribution in [3.8, 4) is 11.3 Å². The van der Waals surface area contributed by atoms with Crippen molar-refractivity contribution < 1.29 is 23.9 Å². The first-order chi connectivity index (χ1) is 22.4. The summed E-state index contributed by atoms with van der Waals surface area (Å²) in [6.45, 7) is 5.89. The van der Waals surface area contributed by atoms with Gasteiger partial charge in [0.25, 0.3) is 5.91 Å². The first kappa shape index (κ1) is 34.3. The summed E-state index contributed by atoms with van der Waals surface area (Å²) in [6.07, 6.45) is 5.20. The molecule has 13 heteroatoms. The molecule has 0 spiro atoms. The number of benzene rings is 2. The zero-order valence-electron chi connectivity index (χ0n) is 26.7. The minimum Gasteiger partial charge on any atom is -0.461 e. The van der Waals surface area contributed by atoms with E-state index < -0.39 is 23.7 Å². The highest BCUT2D eigenvalue weighted by molar-refractivity contribution is 6.36. The molecular weight excluding hydrogens is 643 g/mol. The summed E-state index contributed by atoms with van der Waals surface area (Å²) >= 11 is 12.6. The number of nitrogens with two attached hydrogens (primary N) is 1. The Bertz CT molecular complexity index is 1590. The van der Waals surface area contributed by atoms with Gasteiger partial charge in [-0.15, -0.1) is 0 Å². The number of hydrogen-bond donors (Lipinski definition) is 3. The average Bonchev–Trinajstić information content (AvgIpc) is 3.54. The molecule has 1 aromatic heterocycles. The van der Waals surface area contributed by atoms with Crippen molar-refractivity contribution in [2.45, 2.75) is 89.6 Å². The van der Waals surface area contributed by atoms with E-state index in [1.807, 2.05) is 0 Å². The maximum Gasteiger partial charge on any atom is 0.411 e. The summed E-state index contributed by atoms with van der Waals surface area (Å²) in [4.78, 5) is 49.9. The molecule has 1 unspecified atom stereocenters. The van der Waals surface area contributed by atoms with Crippen LogP contribution in [0.2, 0.25) is 10.0 Å². The molecule has 1 saturated heterocycles. The summed E-state index contributed by atoms with van der Waals surface area (Å²) in [5, 5.41) is 7.23. The number of nitrogens with one attached hydrogen (secondary N) is 2. The molecule has 1 aliphatic heterocycles. The number of rotatable bonds is 8. The largest absolute Gasteiger partial charge is 0.461 e. The lowest BCUT2D eigenvalue weighted by Crippen LogP contribution is -2.56. The van der Waals surface area contributed by atoms with Crippen LogP contribution in [0.25, 0.3) is 11.3 Å². The number of carbonyl (C=O) groups excluding carboxylic acids is 3. The van der Waals surface area contributed by atoms with Crippen molar-refractivity contribution >= 4 is 52.8 Å². The molecule has 3 aromatic rings. The molecule has 1 aliphatic carbocycles. The fraction of sp³-hybridized carbons (Fsp3) is 0.441. The molecule has 11 nitrogen and oxygen atoms in total. The Kier molecular flexibility index (Phi) is 10.8. The van der Waals surface area contributed by atoms with Crippen LogP contribution in [-0.4, -0.2) is 63.2 Å². The predicted molar refractivity (Wildman–Crippen MR) is 181 cm³/mol. The fourth-order valence-electron chi connectivity index (χ4n) is 5.71. The number of ether oxygens (including phenoxy) is 2. The van der Waals surface area contributed by atoms with Crippen LogP contribution in [0.4, 0.5) is 16.4 Å². The number of nitrogen functional groups attached to an aromatic ring is 1. The second-order valence-corrected chi connectivity index (χ2v) is 13.7. The van der Waals surface area contributed by atoms with Gasteiger partial charge in [-0.1, -0.05) is 41.4 Å². The number of piperidine rings is 1. The van der Waals surface area contributed by atoms with E-state index in [4.69, 9.17) is 38.4 Å². The molecule has 5 rings (SSSR count). The molecular formula is C34H40Cl2N6O5. The van der Waals surface area contributed by atoms with Gasteiger partial charge in [-0.3, -0.25) is 9.69 Å². The van der Waals surface area contributed by atoms with Crippen LogP contribution in [0, 0.1) is 0 Å². The number of likely N-dealkylation sites (tertiary alicyclic amines) is 1. The Morgan fingerprint density at radius 1 is 1.02 bits per heavy atom. The minimum atomic E-state index is -0.854. The van der Waals surface area contributed by atoms with E-state index in [9.17, 15) is 14.4 Å². The average molecular weight is 684 g/mol. The van der Waals surface area contributed by atoms with E-state index in [0.29, 0.717) is 45.6 Å². The molecule has 4 N–H and O–H groups in total. The number of halogens is 2. The molecule has 2 aliphatic rings. The number of esters is 1. The van der Waals surface area contributed by atoms with Gasteiger partial charge in [-0.05, 0) is 83.6 Å². The van der Waals surface area contributed by atoms with Gasteiger partial charge in [0.05, 0.1) is 11.9 Å². The number of carbonyl (C=O) groups is 3. The number of anilines is 2. The fourth-order valence-corrected chi connectivity index (χ4v) is 6.24. The van der Waals surface area contributed by atoms with Crippen LogP contribution in [0.1, 0.15) is 75.2 Å². The van der Waals surface area contributed by atoms with Gasteiger partial charge in [0.2, 0.25) is 0 Å². The highest BCUT2D eigenvalue weighted by Gasteiger charge is 2.40. The van der Waals surface area contributed by atoms with Gasteiger partial charge in [-0.2, -0.15) is 0 Å². The van der Waals surface area contributed by atoms with Gasteiger partial charge in [0, 0.05) is 45.9 Å². The standard InChI is InChI=1S/C34H40Cl2N6O5/c1-34(2,3)47-33(45)42-16-15-22(17-28(42)32(44)46-23-7-4-5-8-23)40-31(43)21-13-11-20(12-14-21)27-19-38-29(37)30(41-27)39-18-24-25(35)9-6-10-26(24)36/h6,9-14,19,22-23,28H,4-5,7-8,15-18H2,1-3H3,(H2,37,38)(H,39,41)(H,40,43)/t22?,28-/m1/s1. The van der Waals surface area contributed by atoms with Crippen LogP contribution < -0.4 is 16.4 Å². The van der Waals surface area contributed by atoms with E-state index in [-0.39, 0.29) is 36.8 Å². The predicted octanol–water partition coefficient (Wildman–Crippen LogP) is 6.63. The molecule has 1 saturated carbocycles. The van der Waals surface area contributed by atoms with Crippen LogP contribution in [0.15, 0.2) is 48.7 Å². The first-order valence-corrected chi connectivity index (χ1v) is 16.5. The first-order valence-electron chi connectivity index (χ1n) is 15.8. The molecule has 2 aromatic carbocycles. The van der Waals surface area contributed by atoms with Crippen molar-refractivity contribution in [3.63, 3.8) is 0 Å². The van der Waals surface area contributed by atoms with E-state index in [1.54, 1.807) is 69.4 Å². The molecule has 250 valence electrons. The van der Waals surface area contributed by atoms with Crippen LogP contribution in [-0.2, 0) is 20.8 Å². The van der Waals surface area contributed by atoms with E-state index in [2.05, 4.69) is 20.6 Å². The third-order valence-electron chi connectivity index (χ3n) is 8.16. The lowest BCUT2D eigenvalue weighted by atomic mass is 9.96. The van der Waals surface area contributed by atoms with Gasteiger partial charge in [0.15, 0.2) is 11.6 Å². The molecule has 0 radical (unpaired) electrons. The summed E-state index contributed by atoms with van der Waals surface area (Å²) in [5.74, 6) is -0.160. The Balaban J connectivity index is 1.23. The highest BCUT2D eigenvalue weighted by atomic mass is 35.5. The van der Waals surface area contributed by atoms with E-state index in [1.165, 1.54) is 4.90 Å². The van der Waals surface area contributed by atoms with Crippen molar-refractivity contribution in [2.24, 2.45) is 0 Å². The third-order valence-corrected chi connectivity index (χ3v) is 8.87. The van der Waals surface area contributed by atoms with Gasteiger partial charge in [0.1, 0.15) is 17.7 Å². The van der Waals surface area contributed by atoms with Crippen molar-refractivity contribution in [2.75, 3.05) is 17.6 Å². The Hall–Kier alpha value is -4.09. The van der Waals surface area contributed by atoms with Gasteiger partial charge >= 0.3 is 12.1 Å². The van der Waals surface area contributed by atoms with E-state index >= 15 is 0 Å². The Morgan fingerprint density at radius 2 is 1.70 bits per heavy atom. The lowest BCUT2D eigenvalue weighted by molar-refractivity contribution is -0.156. The van der Waals surface area contributed by atoms with Crippen molar-refractivity contribution in [1.82, 2.24) is 20.2 Å². The maximum atomic E-state index is 13.3. The van der Waals surface area contributed by atoms with E-state index in [0.717, 1.165) is 31.2 Å². The third kappa shape index (κ3) is 8.84. The zero-order chi connectivity index (χ0) is 33.7. The number of nitrogens with zero attached hydrogens (tertiary/aromatic N) is 3. The molecule has 2 heterocycles. The topological polar surface area (TPSA) is 149 Å². The van der Waals surface area contributed by atoms with Crippen LogP contribution >= 0.6 is 23.2 Å². The molecule has 2 atom stereocenters. The number of hydrogen-bond acceptors (Lipinski definition) is 9. The maximum absolute atomic E-state index is 13.3. The molecule has 2 amide bonds.